The van der Waals surface area contributed by atoms with Gasteiger partial charge in [0.1, 0.15) is 22.6 Å². The lowest BCUT2D eigenvalue weighted by Crippen LogP contribution is -2.07. The second kappa shape index (κ2) is 7.67. The van der Waals surface area contributed by atoms with Gasteiger partial charge in [-0.3, -0.25) is 0 Å². The minimum atomic E-state index is -0.314. The van der Waals surface area contributed by atoms with Crippen LogP contribution in [0.15, 0.2) is 54.6 Å². The van der Waals surface area contributed by atoms with E-state index >= 15 is 0 Å². The van der Waals surface area contributed by atoms with Crippen molar-refractivity contribution in [2.24, 2.45) is 0 Å². The van der Waals surface area contributed by atoms with Gasteiger partial charge in [-0.15, -0.1) is 0 Å². The Morgan fingerprint density at radius 2 is 1.73 bits per heavy atom. The molecular weight excluding hydrogens is 380 g/mol. The van der Waals surface area contributed by atoms with Crippen LogP contribution in [0.1, 0.15) is 31.7 Å². The summed E-state index contributed by atoms with van der Waals surface area (Å²) in [6, 6.07) is 17.4. The highest BCUT2D eigenvalue weighted by molar-refractivity contribution is 5.95. The van der Waals surface area contributed by atoms with Crippen molar-refractivity contribution in [3.8, 4) is 34.6 Å². The van der Waals surface area contributed by atoms with E-state index in [1.807, 2.05) is 59.3 Å². The Balaban J connectivity index is 1.64. The SMILES string of the molecule is COc1nc(O)nc2c1c(-c1cccc(Oc3ccccc3)c1)nn2C1CCCC1. The van der Waals surface area contributed by atoms with Crippen molar-refractivity contribution in [3.05, 3.63) is 54.6 Å². The predicted molar refractivity (Wildman–Crippen MR) is 113 cm³/mol. The van der Waals surface area contributed by atoms with Crippen LogP contribution in [-0.2, 0) is 0 Å². The summed E-state index contributed by atoms with van der Waals surface area (Å²) in [5, 5.41) is 15.6. The van der Waals surface area contributed by atoms with Crippen LogP contribution in [0.25, 0.3) is 22.3 Å². The number of aromatic nitrogens is 4. The molecule has 5 rings (SSSR count). The maximum Gasteiger partial charge on any atom is 0.319 e. The normalized spacial score (nSPS) is 14.3. The quantitative estimate of drug-likeness (QED) is 0.499. The molecule has 1 aliphatic carbocycles. The molecule has 2 aromatic carbocycles. The summed E-state index contributed by atoms with van der Waals surface area (Å²) in [4.78, 5) is 8.37. The number of aromatic hydroxyl groups is 1. The van der Waals surface area contributed by atoms with Gasteiger partial charge in [-0.05, 0) is 37.1 Å². The molecule has 0 aliphatic heterocycles. The lowest BCUT2D eigenvalue weighted by molar-refractivity contribution is 0.376. The summed E-state index contributed by atoms with van der Waals surface area (Å²) >= 11 is 0. The van der Waals surface area contributed by atoms with E-state index in [2.05, 4.69) is 9.97 Å². The first kappa shape index (κ1) is 18.4. The number of ether oxygens (including phenoxy) is 2. The first-order valence-corrected chi connectivity index (χ1v) is 10.1. The zero-order valence-corrected chi connectivity index (χ0v) is 16.7. The molecule has 152 valence electrons. The van der Waals surface area contributed by atoms with Gasteiger partial charge in [-0.2, -0.15) is 15.1 Å². The molecule has 0 saturated heterocycles. The van der Waals surface area contributed by atoms with E-state index in [0.717, 1.165) is 37.0 Å². The fourth-order valence-electron chi connectivity index (χ4n) is 4.08. The van der Waals surface area contributed by atoms with Gasteiger partial charge < -0.3 is 14.6 Å². The summed E-state index contributed by atoms with van der Waals surface area (Å²) in [6.45, 7) is 0. The van der Waals surface area contributed by atoms with E-state index in [1.165, 1.54) is 7.11 Å². The zero-order valence-electron chi connectivity index (χ0n) is 16.7. The second-order valence-electron chi connectivity index (χ2n) is 7.41. The topological polar surface area (TPSA) is 82.3 Å². The van der Waals surface area contributed by atoms with Crippen molar-refractivity contribution >= 4 is 11.0 Å². The van der Waals surface area contributed by atoms with Crippen LogP contribution in [0.5, 0.6) is 23.4 Å². The van der Waals surface area contributed by atoms with Crippen LogP contribution >= 0.6 is 0 Å². The molecule has 30 heavy (non-hydrogen) atoms. The average molecular weight is 402 g/mol. The molecule has 0 atom stereocenters. The van der Waals surface area contributed by atoms with Gasteiger partial charge in [0.15, 0.2) is 5.65 Å². The molecule has 0 amide bonds. The number of methoxy groups -OCH3 is 1. The van der Waals surface area contributed by atoms with Crippen molar-refractivity contribution in [2.45, 2.75) is 31.7 Å². The number of nitrogens with zero attached hydrogens (tertiary/aromatic N) is 4. The van der Waals surface area contributed by atoms with Crippen molar-refractivity contribution in [1.82, 2.24) is 19.7 Å². The summed E-state index contributed by atoms with van der Waals surface area (Å²) in [5.74, 6) is 1.79. The van der Waals surface area contributed by atoms with Crippen molar-refractivity contribution in [2.75, 3.05) is 7.11 Å². The van der Waals surface area contributed by atoms with E-state index < -0.39 is 0 Å². The van der Waals surface area contributed by atoms with E-state index in [4.69, 9.17) is 14.6 Å². The Kier molecular flexibility index (Phi) is 4.71. The van der Waals surface area contributed by atoms with Gasteiger partial charge in [0.25, 0.3) is 0 Å². The summed E-state index contributed by atoms with van der Waals surface area (Å²) < 4.78 is 13.4. The summed E-state index contributed by atoms with van der Waals surface area (Å²) in [5.41, 5.74) is 2.18. The molecule has 7 nitrogen and oxygen atoms in total. The molecule has 0 spiro atoms. The number of fused-ring (bicyclic) bond motifs is 1. The predicted octanol–water partition coefficient (Wildman–Crippen LogP) is 5.11. The second-order valence-corrected chi connectivity index (χ2v) is 7.41. The Morgan fingerprint density at radius 1 is 0.967 bits per heavy atom. The van der Waals surface area contributed by atoms with E-state index in [1.54, 1.807) is 0 Å². The van der Waals surface area contributed by atoms with Crippen LogP contribution in [0.2, 0.25) is 0 Å². The highest BCUT2D eigenvalue weighted by Gasteiger charge is 2.26. The standard InChI is InChI=1S/C23H22N4O3/c1-29-22-19-20(15-8-7-13-18(14-15)30-17-11-3-2-4-12-17)26-27(16-9-5-6-10-16)21(19)24-23(28)25-22/h2-4,7-8,11-14,16H,5-6,9-10H2,1H3,(H,24,25,28). The maximum atomic E-state index is 10.0. The number of hydrogen-bond acceptors (Lipinski definition) is 6. The summed E-state index contributed by atoms with van der Waals surface area (Å²) in [7, 11) is 1.53. The monoisotopic (exact) mass is 402 g/mol. The number of benzene rings is 2. The van der Waals surface area contributed by atoms with Crippen LogP contribution in [0.3, 0.4) is 0 Å². The molecule has 2 aromatic heterocycles. The maximum absolute atomic E-state index is 10.0. The van der Waals surface area contributed by atoms with Crippen LogP contribution < -0.4 is 9.47 Å². The summed E-state index contributed by atoms with van der Waals surface area (Å²) in [6.07, 6.45) is 4.41. The Morgan fingerprint density at radius 3 is 2.50 bits per heavy atom. The van der Waals surface area contributed by atoms with Crippen molar-refractivity contribution < 1.29 is 14.6 Å². The molecule has 4 aromatic rings. The Hall–Kier alpha value is -3.61. The molecule has 1 saturated carbocycles. The zero-order chi connectivity index (χ0) is 20.5. The minimum absolute atomic E-state index is 0.254. The van der Waals surface area contributed by atoms with E-state index in [-0.39, 0.29) is 12.1 Å². The van der Waals surface area contributed by atoms with E-state index in [9.17, 15) is 5.11 Å². The van der Waals surface area contributed by atoms with Crippen LogP contribution in [-0.4, -0.2) is 32.0 Å². The average Bonchev–Trinajstić information content (AvgIpc) is 3.42. The molecule has 1 N–H and O–H groups in total. The lowest BCUT2D eigenvalue weighted by Gasteiger charge is -2.10. The minimum Gasteiger partial charge on any atom is -0.480 e. The molecule has 0 radical (unpaired) electrons. The Bertz CT molecular complexity index is 1180. The molecular formula is C23H22N4O3. The number of para-hydroxylation sites is 1. The highest BCUT2D eigenvalue weighted by atomic mass is 16.5. The van der Waals surface area contributed by atoms with Crippen LogP contribution in [0.4, 0.5) is 0 Å². The molecule has 1 fully saturated rings. The molecule has 7 heteroatoms. The van der Waals surface area contributed by atoms with Gasteiger partial charge >= 0.3 is 6.01 Å². The largest absolute Gasteiger partial charge is 0.480 e. The molecule has 0 bridgehead atoms. The third-order valence-electron chi connectivity index (χ3n) is 5.46. The van der Waals surface area contributed by atoms with E-state index in [0.29, 0.717) is 28.4 Å². The first-order valence-electron chi connectivity index (χ1n) is 10.1. The number of hydrogen-bond donors (Lipinski definition) is 1. The van der Waals surface area contributed by atoms with Crippen LogP contribution in [0, 0.1) is 0 Å². The van der Waals surface area contributed by atoms with Gasteiger partial charge in [-0.1, -0.05) is 43.2 Å². The third kappa shape index (κ3) is 3.32. The third-order valence-corrected chi connectivity index (χ3v) is 5.46. The fraction of sp³-hybridized carbons (Fsp3) is 0.261. The molecule has 2 heterocycles. The highest BCUT2D eigenvalue weighted by Crippen LogP contribution is 2.39. The first-order chi connectivity index (χ1) is 14.7. The Labute approximate surface area is 173 Å². The molecule has 0 unspecified atom stereocenters. The smallest absolute Gasteiger partial charge is 0.319 e. The van der Waals surface area contributed by atoms with Gasteiger partial charge in [0.05, 0.1) is 13.2 Å². The molecule has 1 aliphatic rings. The van der Waals surface area contributed by atoms with Gasteiger partial charge in [0.2, 0.25) is 5.88 Å². The number of rotatable bonds is 5. The van der Waals surface area contributed by atoms with Gasteiger partial charge in [-0.25, -0.2) is 4.68 Å². The van der Waals surface area contributed by atoms with Crippen molar-refractivity contribution in [1.29, 1.82) is 0 Å². The fourth-order valence-corrected chi connectivity index (χ4v) is 4.08. The lowest BCUT2D eigenvalue weighted by atomic mass is 10.1. The van der Waals surface area contributed by atoms with Gasteiger partial charge in [0, 0.05) is 5.56 Å². The van der Waals surface area contributed by atoms with Crippen molar-refractivity contribution in [3.63, 3.8) is 0 Å².